The van der Waals surface area contributed by atoms with E-state index in [1.807, 2.05) is 44.2 Å². The van der Waals surface area contributed by atoms with Crippen LogP contribution in [0.5, 0.6) is 5.75 Å². The van der Waals surface area contributed by atoms with Crippen LogP contribution in [0.4, 0.5) is 5.69 Å². The second kappa shape index (κ2) is 10.1. The summed E-state index contributed by atoms with van der Waals surface area (Å²) in [6.07, 6.45) is 2.54. The number of carbonyl (C=O) groups is 1. The van der Waals surface area contributed by atoms with Gasteiger partial charge in [0.15, 0.2) is 0 Å². The Labute approximate surface area is 175 Å². The highest BCUT2D eigenvalue weighted by Gasteiger charge is 2.11. The monoisotopic (exact) mass is 411 g/mol. The predicted molar refractivity (Wildman–Crippen MR) is 115 cm³/mol. The molecule has 0 saturated heterocycles. The number of carbonyl (C=O) groups excluding carboxylic acids is 1. The number of aryl methyl sites for hydroxylation is 4. The van der Waals surface area contributed by atoms with Gasteiger partial charge in [0.1, 0.15) is 5.75 Å². The Kier molecular flexibility index (Phi) is 7.30. The van der Waals surface area contributed by atoms with Crippen LogP contribution in [0.15, 0.2) is 52.1 Å². The molecule has 1 N–H and O–H groups in total. The summed E-state index contributed by atoms with van der Waals surface area (Å²) in [5.74, 6) is 1.62. The topological polar surface area (TPSA) is 77.2 Å². The fourth-order valence-corrected chi connectivity index (χ4v) is 3.54. The van der Waals surface area contributed by atoms with E-state index in [1.54, 1.807) is 7.11 Å². The number of nitrogens with one attached hydrogen (secondary N) is 1. The summed E-state index contributed by atoms with van der Waals surface area (Å²) in [6.45, 7) is 4.00. The maximum absolute atomic E-state index is 12.1. The van der Waals surface area contributed by atoms with E-state index in [-0.39, 0.29) is 11.7 Å². The first-order valence-corrected chi connectivity index (χ1v) is 10.5. The zero-order chi connectivity index (χ0) is 20.6. The molecule has 1 aromatic heterocycles. The van der Waals surface area contributed by atoms with Crippen molar-refractivity contribution < 1.29 is 13.9 Å². The van der Waals surface area contributed by atoms with E-state index in [1.165, 1.54) is 17.3 Å². The molecule has 0 spiro atoms. The molecule has 3 rings (SSSR count). The van der Waals surface area contributed by atoms with Crippen molar-refractivity contribution in [3.8, 4) is 5.75 Å². The highest BCUT2D eigenvalue weighted by atomic mass is 32.2. The Morgan fingerprint density at radius 3 is 2.69 bits per heavy atom. The fraction of sp³-hybridized carbons (Fsp3) is 0.318. The predicted octanol–water partition coefficient (Wildman–Crippen LogP) is 4.60. The standard InChI is InChI=1S/C22H25N3O3S/c1-15-7-4-5-9-18(15)23-20(26)14-29-22-25-24-21(28-22)10-6-8-17-11-12-19(27-3)16(2)13-17/h4-5,7,9,11-13H,6,8,10,14H2,1-3H3,(H,23,26). The first kappa shape index (κ1) is 20.9. The molecule has 0 aliphatic rings. The maximum atomic E-state index is 12.1. The molecule has 1 heterocycles. The van der Waals surface area contributed by atoms with Crippen molar-refractivity contribution in [1.82, 2.24) is 10.2 Å². The van der Waals surface area contributed by atoms with Crippen molar-refractivity contribution in [3.05, 3.63) is 65.0 Å². The van der Waals surface area contributed by atoms with Crippen molar-refractivity contribution in [2.75, 3.05) is 18.2 Å². The summed E-state index contributed by atoms with van der Waals surface area (Å²) in [5.41, 5.74) is 4.23. The van der Waals surface area contributed by atoms with E-state index in [0.29, 0.717) is 17.5 Å². The third-order valence-electron chi connectivity index (χ3n) is 4.51. The Morgan fingerprint density at radius 1 is 1.10 bits per heavy atom. The summed E-state index contributed by atoms with van der Waals surface area (Å²) >= 11 is 1.24. The molecule has 1 amide bonds. The highest BCUT2D eigenvalue weighted by molar-refractivity contribution is 7.99. The van der Waals surface area contributed by atoms with Crippen molar-refractivity contribution in [2.24, 2.45) is 0 Å². The van der Waals surface area contributed by atoms with Crippen LogP contribution in [0, 0.1) is 13.8 Å². The van der Waals surface area contributed by atoms with Gasteiger partial charge in [0, 0.05) is 12.1 Å². The molecule has 0 radical (unpaired) electrons. The number of hydrogen-bond acceptors (Lipinski definition) is 6. The molecule has 152 valence electrons. The van der Waals surface area contributed by atoms with E-state index < -0.39 is 0 Å². The van der Waals surface area contributed by atoms with Crippen molar-refractivity contribution >= 4 is 23.4 Å². The second-order valence-electron chi connectivity index (χ2n) is 6.77. The van der Waals surface area contributed by atoms with Gasteiger partial charge in [-0.15, -0.1) is 10.2 Å². The fourth-order valence-electron chi connectivity index (χ4n) is 2.96. The SMILES string of the molecule is COc1ccc(CCCc2nnc(SCC(=O)Nc3ccccc3C)o2)cc1C. The minimum absolute atomic E-state index is 0.0982. The number of anilines is 1. The maximum Gasteiger partial charge on any atom is 0.277 e. The third-order valence-corrected chi connectivity index (χ3v) is 5.33. The van der Waals surface area contributed by atoms with E-state index >= 15 is 0 Å². The molecule has 0 saturated carbocycles. The van der Waals surface area contributed by atoms with Gasteiger partial charge in [-0.05, 0) is 55.5 Å². The first-order valence-electron chi connectivity index (χ1n) is 9.49. The number of thioether (sulfide) groups is 1. The van der Waals surface area contributed by atoms with Crippen LogP contribution in [0.3, 0.4) is 0 Å². The van der Waals surface area contributed by atoms with Gasteiger partial charge < -0.3 is 14.5 Å². The van der Waals surface area contributed by atoms with Gasteiger partial charge in [0.25, 0.3) is 5.22 Å². The molecule has 0 fully saturated rings. The van der Waals surface area contributed by atoms with Gasteiger partial charge in [-0.2, -0.15) is 0 Å². The highest BCUT2D eigenvalue weighted by Crippen LogP contribution is 2.21. The Balaban J connectivity index is 1.43. The number of amides is 1. The van der Waals surface area contributed by atoms with Crippen LogP contribution in [0.2, 0.25) is 0 Å². The number of methoxy groups -OCH3 is 1. The largest absolute Gasteiger partial charge is 0.496 e. The molecule has 29 heavy (non-hydrogen) atoms. The number of ether oxygens (including phenoxy) is 1. The van der Waals surface area contributed by atoms with Crippen molar-refractivity contribution in [2.45, 2.75) is 38.3 Å². The third kappa shape index (κ3) is 6.09. The van der Waals surface area contributed by atoms with Gasteiger partial charge in [-0.1, -0.05) is 42.1 Å². The summed E-state index contributed by atoms with van der Waals surface area (Å²) in [5, 5.41) is 11.4. The average Bonchev–Trinajstić information content (AvgIpc) is 3.16. The molecule has 3 aromatic rings. The lowest BCUT2D eigenvalue weighted by Gasteiger charge is -2.07. The van der Waals surface area contributed by atoms with Crippen LogP contribution in [0.25, 0.3) is 0 Å². The molecule has 7 heteroatoms. The first-order chi connectivity index (χ1) is 14.0. The van der Waals surface area contributed by atoms with Gasteiger partial charge in [-0.25, -0.2) is 0 Å². The minimum Gasteiger partial charge on any atom is -0.496 e. The van der Waals surface area contributed by atoms with E-state index in [4.69, 9.17) is 9.15 Å². The number of nitrogens with zero attached hydrogens (tertiary/aromatic N) is 2. The lowest BCUT2D eigenvalue weighted by Crippen LogP contribution is -2.14. The Bertz CT molecular complexity index is 971. The number of aromatic nitrogens is 2. The van der Waals surface area contributed by atoms with Gasteiger partial charge in [0.05, 0.1) is 12.9 Å². The van der Waals surface area contributed by atoms with Gasteiger partial charge in [0.2, 0.25) is 11.8 Å². The minimum atomic E-state index is -0.0982. The number of hydrogen-bond donors (Lipinski definition) is 1. The van der Waals surface area contributed by atoms with Crippen LogP contribution < -0.4 is 10.1 Å². The molecule has 2 aromatic carbocycles. The lowest BCUT2D eigenvalue weighted by atomic mass is 10.1. The molecule has 0 aliphatic carbocycles. The summed E-state index contributed by atoms with van der Waals surface area (Å²) in [6, 6.07) is 13.9. The molecular weight excluding hydrogens is 386 g/mol. The van der Waals surface area contributed by atoms with Gasteiger partial charge >= 0.3 is 0 Å². The normalized spacial score (nSPS) is 10.7. The summed E-state index contributed by atoms with van der Waals surface area (Å²) in [4.78, 5) is 12.1. The zero-order valence-electron chi connectivity index (χ0n) is 16.9. The van der Waals surface area contributed by atoms with Crippen molar-refractivity contribution in [1.29, 1.82) is 0 Å². The summed E-state index contributed by atoms with van der Waals surface area (Å²) in [7, 11) is 1.68. The molecule has 0 atom stereocenters. The van der Waals surface area contributed by atoms with Crippen LogP contribution >= 0.6 is 11.8 Å². The van der Waals surface area contributed by atoms with Crippen molar-refractivity contribution in [3.63, 3.8) is 0 Å². The average molecular weight is 412 g/mol. The Morgan fingerprint density at radius 2 is 1.93 bits per heavy atom. The number of rotatable bonds is 9. The van der Waals surface area contributed by atoms with E-state index in [2.05, 4.69) is 27.6 Å². The van der Waals surface area contributed by atoms with Crippen LogP contribution in [-0.2, 0) is 17.6 Å². The van der Waals surface area contributed by atoms with Crippen LogP contribution in [0.1, 0.15) is 29.0 Å². The number of benzene rings is 2. The summed E-state index contributed by atoms with van der Waals surface area (Å²) < 4.78 is 10.9. The second-order valence-corrected chi connectivity index (χ2v) is 7.70. The van der Waals surface area contributed by atoms with Gasteiger partial charge in [-0.3, -0.25) is 4.79 Å². The molecule has 0 unspecified atom stereocenters. The van der Waals surface area contributed by atoms with E-state index in [0.717, 1.165) is 35.4 Å². The Hall–Kier alpha value is -2.80. The van der Waals surface area contributed by atoms with E-state index in [9.17, 15) is 4.79 Å². The smallest absolute Gasteiger partial charge is 0.277 e. The molecular formula is C22H25N3O3S. The number of para-hydroxylation sites is 1. The zero-order valence-corrected chi connectivity index (χ0v) is 17.7. The molecule has 0 aliphatic heterocycles. The van der Waals surface area contributed by atoms with Crippen LogP contribution in [-0.4, -0.2) is 29.0 Å². The quantitative estimate of drug-likeness (QED) is 0.519. The molecule has 0 bridgehead atoms. The lowest BCUT2D eigenvalue weighted by molar-refractivity contribution is -0.113. The molecule has 6 nitrogen and oxygen atoms in total.